The van der Waals surface area contributed by atoms with E-state index in [1.807, 2.05) is 6.92 Å². The zero-order valence-corrected chi connectivity index (χ0v) is 18.5. The van der Waals surface area contributed by atoms with Gasteiger partial charge in [0.15, 0.2) is 11.6 Å². The van der Waals surface area contributed by atoms with E-state index in [1.54, 1.807) is 35.6 Å². The van der Waals surface area contributed by atoms with Crippen molar-refractivity contribution < 1.29 is 27.1 Å². The molecule has 4 unspecified atom stereocenters. The minimum absolute atomic E-state index is 0.0939. The zero-order chi connectivity index (χ0) is 24.5. The molecule has 180 valence electrons. The molecule has 2 aliphatic carbocycles. The Morgan fingerprint density at radius 3 is 2.60 bits per heavy atom. The molecule has 7 nitrogen and oxygen atoms in total. The summed E-state index contributed by atoms with van der Waals surface area (Å²) in [6.07, 6.45) is 1.58. The number of likely N-dealkylation sites (tertiary alicyclic amines) is 1. The molecule has 1 amide bonds. The van der Waals surface area contributed by atoms with Crippen LogP contribution in [0.5, 0.6) is 5.88 Å². The molecule has 1 aliphatic heterocycles. The second kappa shape index (κ2) is 7.43. The van der Waals surface area contributed by atoms with E-state index in [-0.39, 0.29) is 17.4 Å². The molecule has 6 rings (SSSR count). The van der Waals surface area contributed by atoms with Crippen LogP contribution in [0.1, 0.15) is 34.3 Å². The number of pyridine rings is 2. The van der Waals surface area contributed by atoms with E-state index in [0.717, 1.165) is 12.0 Å². The van der Waals surface area contributed by atoms with Crippen LogP contribution in [0.25, 0.3) is 11.5 Å². The fourth-order valence-corrected chi connectivity index (χ4v) is 5.55. The lowest BCUT2D eigenvalue weighted by Gasteiger charge is -2.47. The molecule has 4 atom stereocenters. The molecular weight excluding hydrogens is 466 g/mol. The highest BCUT2D eigenvalue weighted by molar-refractivity contribution is 6.00. The molecule has 3 aromatic rings. The van der Waals surface area contributed by atoms with E-state index in [0.29, 0.717) is 48.2 Å². The summed E-state index contributed by atoms with van der Waals surface area (Å²) in [6, 6.07) is 3.46. The second-order valence-corrected chi connectivity index (χ2v) is 9.39. The van der Waals surface area contributed by atoms with Crippen LogP contribution in [0.2, 0.25) is 0 Å². The molecule has 0 aromatic carbocycles. The maximum atomic E-state index is 14.4. The van der Waals surface area contributed by atoms with Crippen LogP contribution in [0.15, 0.2) is 43.0 Å². The van der Waals surface area contributed by atoms with Crippen LogP contribution in [0.4, 0.5) is 17.6 Å². The average Bonchev–Trinajstić information content (AvgIpc) is 3.48. The van der Waals surface area contributed by atoms with E-state index in [2.05, 4.69) is 19.9 Å². The van der Waals surface area contributed by atoms with Gasteiger partial charge in [-0.1, -0.05) is 0 Å². The summed E-state index contributed by atoms with van der Waals surface area (Å²) < 4.78 is 58.6. The second-order valence-electron chi connectivity index (χ2n) is 9.39. The Morgan fingerprint density at radius 2 is 1.89 bits per heavy atom. The number of nitrogens with zero attached hydrogens (tertiary/aromatic N) is 5. The molecule has 3 fully saturated rings. The van der Waals surface area contributed by atoms with Crippen LogP contribution in [0, 0.1) is 24.1 Å². The Kier molecular flexibility index (Phi) is 4.64. The van der Waals surface area contributed by atoms with Crippen molar-refractivity contribution in [2.45, 2.75) is 38.1 Å². The number of carbonyl (C=O) groups is 1. The standard InChI is InChI=1S/C24H19F4N5O2/c1-12-5-15(18(31-9-12)20-29-3-2-4-30-20)22(34)33-11-14-7-23(14)8-17(19(23)33)35-21-16(25)6-13(10-32-21)24(26,27)28/h2-6,9-10,14,17,19H,7-8,11H2,1H3. The van der Waals surface area contributed by atoms with Crippen molar-refractivity contribution in [1.29, 1.82) is 0 Å². The fraction of sp³-hybridized carbons (Fsp3) is 0.375. The molecule has 0 N–H and O–H groups in total. The van der Waals surface area contributed by atoms with Crippen molar-refractivity contribution in [1.82, 2.24) is 24.8 Å². The van der Waals surface area contributed by atoms with Gasteiger partial charge in [-0.3, -0.25) is 9.78 Å². The van der Waals surface area contributed by atoms with Gasteiger partial charge in [0.2, 0.25) is 0 Å². The van der Waals surface area contributed by atoms with Crippen LogP contribution in [0.3, 0.4) is 0 Å². The highest BCUT2D eigenvalue weighted by atomic mass is 19.4. The summed E-state index contributed by atoms with van der Waals surface area (Å²) in [5.74, 6) is -1.29. The summed E-state index contributed by atoms with van der Waals surface area (Å²) in [6.45, 7) is 2.35. The number of halogens is 4. The van der Waals surface area contributed by atoms with Crippen molar-refractivity contribution in [2.75, 3.05) is 6.54 Å². The first-order valence-corrected chi connectivity index (χ1v) is 11.1. The monoisotopic (exact) mass is 485 g/mol. The Hall–Kier alpha value is -3.63. The number of rotatable bonds is 4. The summed E-state index contributed by atoms with van der Waals surface area (Å²) in [4.78, 5) is 31.9. The number of hydrogen-bond donors (Lipinski definition) is 0. The lowest BCUT2D eigenvalue weighted by Crippen LogP contribution is -2.59. The number of carbonyl (C=O) groups excluding carboxylic acids is 1. The molecule has 4 heterocycles. The van der Waals surface area contributed by atoms with Gasteiger partial charge < -0.3 is 9.64 Å². The van der Waals surface area contributed by atoms with Gasteiger partial charge in [-0.05, 0) is 49.4 Å². The molecule has 35 heavy (non-hydrogen) atoms. The molecule has 11 heteroatoms. The molecular formula is C24H19F4N5O2. The topological polar surface area (TPSA) is 81.1 Å². The van der Waals surface area contributed by atoms with E-state index in [4.69, 9.17) is 4.74 Å². The molecule has 0 bridgehead atoms. The number of alkyl halides is 3. The van der Waals surface area contributed by atoms with Gasteiger partial charge in [0.05, 0.1) is 17.2 Å². The molecule has 2 saturated carbocycles. The minimum atomic E-state index is -4.70. The van der Waals surface area contributed by atoms with Crippen molar-refractivity contribution >= 4 is 5.91 Å². The molecule has 3 aromatic heterocycles. The third-order valence-electron chi connectivity index (χ3n) is 7.25. The highest BCUT2D eigenvalue weighted by Crippen LogP contribution is 2.71. The van der Waals surface area contributed by atoms with Crippen molar-refractivity contribution in [3.8, 4) is 17.4 Å². The van der Waals surface area contributed by atoms with Crippen LogP contribution >= 0.6 is 0 Å². The summed E-state index contributed by atoms with van der Waals surface area (Å²) in [7, 11) is 0. The Morgan fingerprint density at radius 1 is 1.11 bits per heavy atom. The molecule has 3 aliphatic rings. The lowest BCUT2D eigenvalue weighted by molar-refractivity contribution is -0.138. The van der Waals surface area contributed by atoms with Gasteiger partial charge in [0, 0.05) is 36.7 Å². The van der Waals surface area contributed by atoms with Gasteiger partial charge >= 0.3 is 6.18 Å². The molecule has 1 spiro atoms. The van der Waals surface area contributed by atoms with Crippen molar-refractivity contribution in [2.24, 2.45) is 11.3 Å². The summed E-state index contributed by atoms with van der Waals surface area (Å²) >= 11 is 0. The van der Waals surface area contributed by atoms with E-state index >= 15 is 0 Å². The first-order valence-electron chi connectivity index (χ1n) is 11.1. The van der Waals surface area contributed by atoms with Gasteiger partial charge in [-0.2, -0.15) is 13.2 Å². The van der Waals surface area contributed by atoms with Gasteiger partial charge in [-0.25, -0.2) is 19.3 Å². The van der Waals surface area contributed by atoms with Gasteiger partial charge in [-0.15, -0.1) is 0 Å². The SMILES string of the molecule is Cc1cnc(-c2ncccn2)c(C(=O)N2CC3CC34CC(Oc3ncc(C(F)(F)F)cc3F)C24)c1. The van der Waals surface area contributed by atoms with E-state index in [9.17, 15) is 22.4 Å². The number of hydrogen-bond acceptors (Lipinski definition) is 6. The smallest absolute Gasteiger partial charge is 0.417 e. The first-order chi connectivity index (χ1) is 16.7. The van der Waals surface area contributed by atoms with Gasteiger partial charge in [0.25, 0.3) is 11.8 Å². The van der Waals surface area contributed by atoms with Gasteiger partial charge in [0.1, 0.15) is 11.8 Å². The first kappa shape index (κ1) is 21.9. The number of aromatic nitrogens is 4. The number of piperidine rings is 1. The van der Waals surface area contributed by atoms with E-state index < -0.39 is 29.5 Å². The molecule has 0 radical (unpaired) electrons. The predicted molar refractivity (Wildman–Crippen MR) is 114 cm³/mol. The fourth-order valence-electron chi connectivity index (χ4n) is 5.55. The Balaban J connectivity index is 1.28. The van der Waals surface area contributed by atoms with E-state index in [1.165, 1.54) is 0 Å². The summed E-state index contributed by atoms with van der Waals surface area (Å²) in [5.41, 5.74) is 0.239. The van der Waals surface area contributed by atoms with Crippen molar-refractivity contribution in [3.63, 3.8) is 0 Å². The normalized spacial score (nSPS) is 26.5. The third-order valence-corrected chi connectivity index (χ3v) is 7.25. The zero-order valence-electron chi connectivity index (χ0n) is 18.5. The van der Waals surface area contributed by atoms with Crippen LogP contribution in [-0.4, -0.2) is 49.4 Å². The van der Waals surface area contributed by atoms with Crippen LogP contribution < -0.4 is 4.74 Å². The Bertz CT molecular complexity index is 1340. The number of amides is 1. The third kappa shape index (κ3) is 3.43. The van der Waals surface area contributed by atoms with Crippen LogP contribution in [-0.2, 0) is 6.18 Å². The number of ether oxygens (including phenoxy) is 1. The largest absolute Gasteiger partial charge is 0.470 e. The predicted octanol–water partition coefficient (Wildman–Crippen LogP) is 4.08. The molecule has 1 saturated heterocycles. The summed E-state index contributed by atoms with van der Waals surface area (Å²) in [5, 5.41) is 0. The average molecular weight is 485 g/mol. The minimum Gasteiger partial charge on any atom is -0.470 e. The Labute approximate surface area is 197 Å². The maximum absolute atomic E-state index is 14.4. The quantitative estimate of drug-likeness (QED) is 0.518. The highest BCUT2D eigenvalue weighted by Gasteiger charge is 2.76. The number of aryl methyl sites for hydroxylation is 1. The maximum Gasteiger partial charge on any atom is 0.417 e. The lowest BCUT2D eigenvalue weighted by atomic mass is 9.73. The van der Waals surface area contributed by atoms with Crippen molar-refractivity contribution in [3.05, 3.63) is 65.5 Å².